The standard InChI is InChI=1S/C21H17ClFN3O/c22-16-8-4-14(5-9-16)13-24-21(27)19-18-3-1-2-12-26(18)20(25-19)15-6-10-17(23)11-7-15/h1-12,20,25H,13H2,(H,24,27). The molecule has 2 aromatic carbocycles. The summed E-state index contributed by atoms with van der Waals surface area (Å²) in [5.74, 6) is -0.491. The third-order valence-electron chi connectivity index (χ3n) is 4.48. The molecule has 0 fully saturated rings. The third-order valence-corrected chi connectivity index (χ3v) is 4.74. The van der Waals surface area contributed by atoms with E-state index in [0.717, 1.165) is 16.8 Å². The van der Waals surface area contributed by atoms with Gasteiger partial charge < -0.3 is 15.5 Å². The average molecular weight is 382 g/mol. The second-order valence-corrected chi connectivity index (χ2v) is 6.71. The van der Waals surface area contributed by atoms with Crippen LogP contribution in [0.1, 0.15) is 17.3 Å². The molecule has 4 nitrogen and oxygen atoms in total. The van der Waals surface area contributed by atoms with Gasteiger partial charge in [-0.05, 0) is 47.5 Å². The zero-order valence-corrected chi connectivity index (χ0v) is 15.1. The first-order valence-corrected chi connectivity index (χ1v) is 8.92. The largest absolute Gasteiger partial charge is 0.355 e. The summed E-state index contributed by atoms with van der Waals surface area (Å²) in [4.78, 5) is 14.7. The molecule has 2 aliphatic heterocycles. The van der Waals surface area contributed by atoms with Crippen molar-refractivity contribution in [2.75, 3.05) is 0 Å². The number of hydrogen-bond donors (Lipinski definition) is 2. The monoisotopic (exact) mass is 381 g/mol. The van der Waals surface area contributed by atoms with Gasteiger partial charge in [0.1, 0.15) is 17.7 Å². The molecule has 0 saturated carbocycles. The fourth-order valence-electron chi connectivity index (χ4n) is 3.12. The summed E-state index contributed by atoms with van der Waals surface area (Å²) in [6.07, 6.45) is 7.30. The van der Waals surface area contributed by atoms with Crippen molar-refractivity contribution in [3.63, 3.8) is 0 Å². The number of amides is 1. The molecule has 0 aliphatic carbocycles. The molecule has 0 radical (unpaired) electrons. The number of hydrogen-bond acceptors (Lipinski definition) is 3. The number of nitrogens with zero attached hydrogens (tertiary/aromatic N) is 1. The summed E-state index contributed by atoms with van der Waals surface area (Å²) in [5, 5.41) is 6.85. The lowest BCUT2D eigenvalue weighted by atomic mass is 10.1. The van der Waals surface area contributed by atoms with Crippen molar-refractivity contribution in [3.05, 3.63) is 106 Å². The second kappa shape index (κ2) is 7.29. The molecule has 2 N–H and O–H groups in total. The van der Waals surface area contributed by atoms with Crippen LogP contribution >= 0.6 is 11.6 Å². The van der Waals surface area contributed by atoms with Crippen LogP contribution in [0.15, 0.2) is 84.4 Å². The highest BCUT2D eigenvalue weighted by Crippen LogP contribution is 2.33. The first-order chi connectivity index (χ1) is 13.1. The molecule has 1 amide bonds. The van der Waals surface area contributed by atoms with Crippen LogP contribution in [-0.4, -0.2) is 10.8 Å². The SMILES string of the molecule is O=C(NCc1ccc(Cl)cc1)C1=C2C=CC=CN2C(c2ccc(F)cc2)N1. The van der Waals surface area contributed by atoms with Gasteiger partial charge in [-0.1, -0.05) is 41.9 Å². The smallest absolute Gasteiger partial charge is 0.269 e. The lowest BCUT2D eigenvalue weighted by Gasteiger charge is -2.26. The minimum atomic E-state index is -0.292. The van der Waals surface area contributed by atoms with Gasteiger partial charge in [0.15, 0.2) is 0 Å². The van der Waals surface area contributed by atoms with Gasteiger partial charge in [-0.15, -0.1) is 0 Å². The van der Waals surface area contributed by atoms with Crippen molar-refractivity contribution in [2.24, 2.45) is 0 Å². The van der Waals surface area contributed by atoms with E-state index in [1.54, 1.807) is 24.3 Å². The Morgan fingerprint density at radius 3 is 2.59 bits per heavy atom. The summed E-state index contributed by atoms with van der Waals surface area (Å²) in [6.45, 7) is 0.398. The summed E-state index contributed by atoms with van der Waals surface area (Å²) < 4.78 is 13.3. The average Bonchev–Trinajstić information content (AvgIpc) is 3.08. The predicted molar refractivity (Wildman–Crippen MR) is 103 cm³/mol. The minimum Gasteiger partial charge on any atom is -0.355 e. The van der Waals surface area contributed by atoms with Crippen LogP contribution in [0.4, 0.5) is 4.39 Å². The van der Waals surface area contributed by atoms with Gasteiger partial charge in [-0.2, -0.15) is 0 Å². The number of carbonyl (C=O) groups excluding carboxylic acids is 1. The molecule has 2 heterocycles. The first-order valence-electron chi connectivity index (χ1n) is 8.54. The normalized spacial score (nSPS) is 17.7. The summed E-state index contributed by atoms with van der Waals surface area (Å²) in [5.41, 5.74) is 3.09. The molecule has 0 bridgehead atoms. The Kier molecular flexibility index (Phi) is 4.69. The topological polar surface area (TPSA) is 44.4 Å². The molecule has 0 aromatic heterocycles. The van der Waals surface area contributed by atoms with Crippen LogP contribution in [0.25, 0.3) is 0 Å². The van der Waals surface area contributed by atoms with Crippen molar-refractivity contribution in [3.8, 4) is 0 Å². The number of halogens is 2. The van der Waals surface area contributed by atoms with Gasteiger partial charge in [0.25, 0.3) is 5.91 Å². The molecule has 136 valence electrons. The molecule has 0 spiro atoms. The molecule has 2 aliphatic rings. The number of benzene rings is 2. The van der Waals surface area contributed by atoms with Crippen molar-refractivity contribution >= 4 is 17.5 Å². The van der Waals surface area contributed by atoms with Gasteiger partial charge in [-0.25, -0.2) is 4.39 Å². The number of nitrogens with one attached hydrogen (secondary N) is 2. The number of fused-ring (bicyclic) bond motifs is 1. The van der Waals surface area contributed by atoms with Crippen molar-refractivity contribution in [1.29, 1.82) is 0 Å². The maximum atomic E-state index is 13.3. The second-order valence-electron chi connectivity index (χ2n) is 6.28. The van der Waals surface area contributed by atoms with E-state index in [1.165, 1.54) is 12.1 Å². The molecule has 1 atom stereocenters. The van der Waals surface area contributed by atoms with E-state index < -0.39 is 0 Å². The van der Waals surface area contributed by atoms with E-state index in [0.29, 0.717) is 17.3 Å². The minimum absolute atomic E-state index is 0.200. The first kappa shape index (κ1) is 17.4. The van der Waals surface area contributed by atoms with Crippen LogP contribution in [0.5, 0.6) is 0 Å². The van der Waals surface area contributed by atoms with Gasteiger partial charge in [0.05, 0.1) is 5.70 Å². The van der Waals surface area contributed by atoms with Gasteiger partial charge in [0, 0.05) is 17.8 Å². The predicted octanol–water partition coefficient (Wildman–Crippen LogP) is 3.99. The van der Waals surface area contributed by atoms with Crippen LogP contribution in [0, 0.1) is 5.82 Å². The van der Waals surface area contributed by atoms with E-state index in [1.807, 2.05) is 41.5 Å². The zero-order chi connectivity index (χ0) is 18.8. The van der Waals surface area contributed by atoms with Crippen LogP contribution in [0.2, 0.25) is 5.02 Å². The Morgan fingerprint density at radius 2 is 1.85 bits per heavy atom. The molecular weight excluding hydrogens is 365 g/mol. The zero-order valence-electron chi connectivity index (χ0n) is 14.3. The summed E-state index contributed by atoms with van der Waals surface area (Å²) in [7, 11) is 0. The Bertz CT molecular complexity index is 948. The number of carbonyl (C=O) groups is 1. The Hall–Kier alpha value is -3.05. The lowest BCUT2D eigenvalue weighted by molar-refractivity contribution is -0.118. The van der Waals surface area contributed by atoms with Crippen LogP contribution in [0.3, 0.4) is 0 Å². The van der Waals surface area contributed by atoms with Crippen molar-refractivity contribution in [1.82, 2.24) is 15.5 Å². The van der Waals surface area contributed by atoms with E-state index in [9.17, 15) is 9.18 Å². The molecule has 4 rings (SSSR count). The molecular formula is C21H17ClFN3O. The number of allylic oxidation sites excluding steroid dienone is 3. The summed E-state index contributed by atoms with van der Waals surface area (Å²) >= 11 is 5.89. The van der Waals surface area contributed by atoms with Crippen LogP contribution < -0.4 is 10.6 Å². The molecule has 6 heteroatoms. The van der Waals surface area contributed by atoms with Crippen molar-refractivity contribution < 1.29 is 9.18 Å². The highest BCUT2D eigenvalue weighted by molar-refractivity contribution is 6.30. The molecule has 1 unspecified atom stereocenters. The van der Waals surface area contributed by atoms with Crippen molar-refractivity contribution in [2.45, 2.75) is 12.7 Å². The maximum absolute atomic E-state index is 13.3. The Labute approximate surface area is 161 Å². The van der Waals surface area contributed by atoms with Gasteiger partial charge in [-0.3, -0.25) is 4.79 Å². The summed E-state index contributed by atoms with van der Waals surface area (Å²) in [6, 6.07) is 13.6. The van der Waals surface area contributed by atoms with E-state index in [2.05, 4.69) is 10.6 Å². The highest BCUT2D eigenvalue weighted by Gasteiger charge is 2.33. The fourth-order valence-corrected chi connectivity index (χ4v) is 3.24. The lowest BCUT2D eigenvalue weighted by Crippen LogP contribution is -2.31. The number of rotatable bonds is 4. The molecule has 2 aromatic rings. The van der Waals surface area contributed by atoms with E-state index in [-0.39, 0.29) is 17.9 Å². The van der Waals surface area contributed by atoms with Crippen LogP contribution in [-0.2, 0) is 11.3 Å². The third kappa shape index (κ3) is 3.59. The Balaban J connectivity index is 1.53. The van der Waals surface area contributed by atoms with E-state index >= 15 is 0 Å². The Morgan fingerprint density at radius 1 is 1.11 bits per heavy atom. The fraction of sp³-hybridized carbons (Fsp3) is 0.0952. The quantitative estimate of drug-likeness (QED) is 0.841. The van der Waals surface area contributed by atoms with Gasteiger partial charge in [0.2, 0.25) is 0 Å². The molecule has 0 saturated heterocycles. The van der Waals surface area contributed by atoms with E-state index in [4.69, 9.17) is 11.6 Å². The highest BCUT2D eigenvalue weighted by atomic mass is 35.5. The van der Waals surface area contributed by atoms with Gasteiger partial charge >= 0.3 is 0 Å². The molecule has 27 heavy (non-hydrogen) atoms. The maximum Gasteiger partial charge on any atom is 0.269 e.